The second kappa shape index (κ2) is 9.32. The van der Waals surface area contributed by atoms with Crippen molar-refractivity contribution in [1.82, 2.24) is 5.32 Å². The molecule has 1 atom stereocenters. The van der Waals surface area contributed by atoms with E-state index >= 15 is 0 Å². The van der Waals surface area contributed by atoms with Crippen molar-refractivity contribution < 1.29 is 13.2 Å². The maximum absolute atomic E-state index is 13.3. The number of hydrogen-bond donors (Lipinski definition) is 1. The molecule has 0 saturated carbocycles. The predicted octanol–water partition coefficient (Wildman–Crippen LogP) is 4.72. The van der Waals surface area contributed by atoms with Crippen molar-refractivity contribution in [3.63, 3.8) is 0 Å². The van der Waals surface area contributed by atoms with E-state index in [1.54, 1.807) is 42.5 Å². The van der Waals surface area contributed by atoms with Crippen LogP contribution >= 0.6 is 11.6 Å². The summed E-state index contributed by atoms with van der Waals surface area (Å²) in [7, 11) is -3.94. The van der Waals surface area contributed by atoms with Crippen LogP contribution in [0.3, 0.4) is 0 Å². The fourth-order valence-corrected chi connectivity index (χ4v) is 4.57. The average Bonchev–Trinajstić information content (AvgIpc) is 2.74. The van der Waals surface area contributed by atoms with Crippen molar-refractivity contribution in [2.24, 2.45) is 0 Å². The molecule has 0 radical (unpaired) electrons. The predicted molar refractivity (Wildman–Crippen MR) is 120 cm³/mol. The number of carbonyl (C=O) groups is 1. The van der Waals surface area contributed by atoms with Crippen molar-refractivity contribution in [1.29, 1.82) is 0 Å². The lowest BCUT2D eigenvalue weighted by molar-refractivity contribution is -0.120. The number of sulfonamides is 1. The van der Waals surface area contributed by atoms with E-state index in [2.05, 4.69) is 5.32 Å². The van der Waals surface area contributed by atoms with Gasteiger partial charge >= 0.3 is 0 Å². The number of aryl methyl sites for hydroxylation is 1. The maximum Gasteiger partial charge on any atom is 0.264 e. The third-order valence-electron chi connectivity index (χ3n) is 4.69. The molecule has 7 heteroatoms. The first-order valence-electron chi connectivity index (χ1n) is 9.46. The molecule has 0 unspecified atom stereocenters. The van der Waals surface area contributed by atoms with Gasteiger partial charge in [0.1, 0.15) is 6.54 Å². The summed E-state index contributed by atoms with van der Waals surface area (Å²) in [6.07, 6.45) is 0. The average molecular weight is 443 g/mol. The number of nitrogens with zero attached hydrogens (tertiary/aromatic N) is 1. The minimum absolute atomic E-state index is 0.110. The Labute approximate surface area is 182 Å². The van der Waals surface area contributed by atoms with E-state index in [0.29, 0.717) is 10.7 Å². The number of benzene rings is 3. The molecule has 5 nitrogen and oxygen atoms in total. The monoisotopic (exact) mass is 442 g/mol. The van der Waals surface area contributed by atoms with Crippen molar-refractivity contribution in [2.75, 3.05) is 10.8 Å². The molecule has 3 rings (SSSR count). The molecule has 0 aliphatic carbocycles. The van der Waals surface area contributed by atoms with Gasteiger partial charge in [-0.2, -0.15) is 0 Å². The van der Waals surface area contributed by atoms with Crippen LogP contribution < -0.4 is 9.62 Å². The molecule has 3 aromatic carbocycles. The lowest BCUT2D eigenvalue weighted by Crippen LogP contribution is -2.41. The molecule has 1 N–H and O–H groups in total. The summed E-state index contributed by atoms with van der Waals surface area (Å²) in [6.45, 7) is 3.50. The molecule has 0 fully saturated rings. The first-order chi connectivity index (χ1) is 14.3. The third kappa shape index (κ3) is 5.20. The zero-order valence-corrected chi connectivity index (χ0v) is 18.3. The van der Waals surface area contributed by atoms with Crippen molar-refractivity contribution in [3.05, 3.63) is 95.0 Å². The fourth-order valence-electron chi connectivity index (χ4n) is 3.00. The highest BCUT2D eigenvalue weighted by Gasteiger charge is 2.27. The molecule has 0 bridgehead atoms. The number of halogens is 1. The van der Waals surface area contributed by atoms with Gasteiger partial charge in [0.15, 0.2) is 0 Å². The number of carbonyl (C=O) groups excluding carboxylic acids is 1. The summed E-state index contributed by atoms with van der Waals surface area (Å²) >= 11 is 5.95. The molecule has 0 aliphatic rings. The van der Waals surface area contributed by atoms with Gasteiger partial charge in [-0.05, 0) is 55.8 Å². The first-order valence-corrected chi connectivity index (χ1v) is 11.3. The Morgan fingerprint density at radius 3 is 2.17 bits per heavy atom. The normalized spacial score (nSPS) is 12.2. The van der Waals surface area contributed by atoms with Crippen LogP contribution in [0.4, 0.5) is 5.69 Å². The summed E-state index contributed by atoms with van der Waals surface area (Å²) in [4.78, 5) is 12.9. The Morgan fingerprint density at radius 1 is 0.967 bits per heavy atom. The Morgan fingerprint density at radius 2 is 1.57 bits per heavy atom. The minimum Gasteiger partial charge on any atom is -0.348 e. The van der Waals surface area contributed by atoms with Gasteiger partial charge in [0, 0.05) is 5.02 Å². The summed E-state index contributed by atoms with van der Waals surface area (Å²) in [6, 6.07) is 22.0. The maximum atomic E-state index is 13.3. The van der Waals surface area contributed by atoms with Crippen LogP contribution in [0.1, 0.15) is 24.1 Å². The SMILES string of the molecule is Cc1ccc([C@H](C)NC(=O)CN(c2ccc(Cl)cc2)S(=O)(=O)c2ccccc2)cc1. The third-order valence-corrected chi connectivity index (χ3v) is 6.73. The van der Waals surface area contributed by atoms with Crippen LogP contribution in [0, 0.1) is 6.92 Å². The molecule has 0 aromatic heterocycles. The van der Waals surface area contributed by atoms with Gasteiger partial charge < -0.3 is 5.32 Å². The lowest BCUT2D eigenvalue weighted by Gasteiger charge is -2.25. The topological polar surface area (TPSA) is 66.5 Å². The summed E-state index contributed by atoms with van der Waals surface area (Å²) < 4.78 is 27.6. The smallest absolute Gasteiger partial charge is 0.264 e. The van der Waals surface area contributed by atoms with Crippen molar-refractivity contribution in [3.8, 4) is 0 Å². The highest BCUT2D eigenvalue weighted by Crippen LogP contribution is 2.25. The van der Waals surface area contributed by atoms with E-state index in [4.69, 9.17) is 11.6 Å². The number of hydrogen-bond acceptors (Lipinski definition) is 3. The Hall–Kier alpha value is -2.83. The zero-order chi connectivity index (χ0) is 21.7. The van der Waals surface area contributed by atoms with Gasteiger partial charge in [0.05, 0.1) is 16.6 Å². The molecule has 0 aliphatic heterocycles. The molecule has 1 amide bonds. The number of nitrogens with one attached hydrogen (secondary N) is 1. The molecule has 3 aromatic rings. The van der Waals surface area contributed by atoms with Crippen LogP contribution in [0.25, 0.3) is 0 Å². The van der Waals surface area contributed by atoms with Gasteiger partial charge in [-0.1, -0.05) is 59.6 Å². The van der Waals surface area contributed by atoms with Gasteiger partial charge in [0.2, 0.25) is 5.91 Å². The number of rotatable bonds is 7. The van der Waals surface area contributed by atoms with Crippen LogP contribution in [0.15, 0.2) is 83.8 Å². The van der Waals surface area contributed by atoms with Crippen LogP contribution in [0.5, 0.6) is 0 Å². The van der Waals surface area contributed by atoms with E-state index in [9.17, 15) is 13.2 Å². The van der Waals surface area contributed by atoms with E-state index in [-0.39, 0.29) is 17.5 Å². The molecule has 0 saturated heterocycles. The standard InChI is InChI=1S/C23H23ClN2O3S/c1-17-8-10-19(11-9-17)18(2)25-23(27)16-26(21-14-12-20(24)13-15-21)30(28,29)22-6-4-3-5-7-22/h3-15,18H,16H2,1-2H3,(H,25,27)/t18-/m0/s1. The quantitative estimate of drug-likeness (QED) is 0.575. The van der Waals surface area contributed by atoms with Crippen LogP contribution in [-0.2, 0) is 14.8 Å². The lowest BCUT2D eigenvalue weighted by atomic mass is 10.1. The van der Waals surface area contributed by atoms with E-state index in [1.807, 2.05) is 38.1 Å². The highest BCUT2D eigenvalue weighted by molar-refractivity contribution is 7.92. The fraction of sp³-hybridized carbons (Fsp3) is 0.174. The van der Waals surface area contributed by atoms with Gasteiger partial charge in [-0.3, -0.25) is 9.10 Å². The molecule has 30 heavy (non-hydrogen) atoms. The molecular formula is C23H23ClN2O3S. The second-order valence-corrected chi connectivity index (χ2v) is 9.30. The summed E-state index contributed by atoms with van der Waals surface area (Å²) in [5.41, 5.74) is 2.43. The summed E-state index contributed by atoms with van der Waals surface area (Å²) in [5, 5.41) is 3.36. The van der Waals surface area contributed by atoms with Crippen LogP contribution in [0.2, 0.25) is 5.02 Å². The van der Waals surface area contributed by atoms with E-state index in [1.165, 1.54) is 12.1 Å². The molecule has 156 valence electrons. The highest BCUT2D eigenvalue weighted by atomic mass is 35.5. The van der Waals surface area contributed by atoms with E-state index < -0.39 is 15.9 Å². The van der Waals surface area contributed by atoms with E-state index in [0.717, 1.165) is 15.4 Å². The number of amides is 1. The number of anilines is 1. The Bertz CT molecular complexity index is 1100. The van der Waals surface area contributed by atoms with Crippen LogP contribution in [-0.4, -0.2) is 20.9 Å². The van der Waals surface area contributed by atoms with Gasteiger partial charge in [-0.15, -0.1) is 0 Å². The molecule has 0 heterocycles. The molecule has 0 spiro atoms. The minimum atomic E-state index is -3.94. The largest absolute Gasteiger partial charge is 0.348 e. The van der Waals surface area contributed by atoms with Gasteiger partial charge in [-0.25, -0.2) is 8.42 Å². The van der Waals surface area contributed by atoms with Crippen molar-refractivity contribution >= 4 is 33.2 Å². The zero-order valence-electron chi connectivity index (χ0n) is 16.7. The second-order valence-electron chi connectivity index (χ2n) is 7.00. The Balaban J connectivity index is 1.86. The first kappa shape index (κ1) is 21.9. The molecular weight excluding hydrogens is 420 g/mol. The summed E-state index contributed by atoms with van der Waals surface area (Å²) in [5.74, 6) is -0.405. The Kier molecular flexibility index (Phi) is 6.80. The van der Waals surface area contributed by atoms with Gasteiger partial charge in [0.25, 0.3) is 10.0 Å². The van der Waals surface area contributed by atoms with Crippen molar-refractivity contribution in [2.45, 2.75) is 24.8 Å².